The van der Waals surface area contributed by atoms with E-state index in [0.29, 0.717) is 0 Å². The average molecular weight is 395 g/mol. The summed E-state index contributed by atoms with van der Waals surface area (Å²) in [5.41, 5.74) is 0.752. The second-order valence-corrected chi connectivity index (χ2v) is 8.06. The van der Waals surface area contributed by atoms with E-state index in [9.17, 15) is 14.7 Å². The Balaban J connectivity index is 1.87. The Kier molecular flexibility index (Phi) is 4.40. The van der Waals surface area contributed by atoms with Gasteiger partial charge in [-0.1, -0.05) is 38.1 Å². The molecule has 152 valence electrons. The van der Waals surface area contributed by atoms with Crippen molar-refractivity contribution in [2.24, 2.45) is 0 Å². The summed E-state index contributed by atoms with van der Waals surface area (Å²) in [6.07, 6.45) is 2.75. The Morgan fingerprint density at radius 3 is 2.76 bits per heavy atom. The topological polar surface area (TPSA) is 94.7 Å². The highest BCUT2D eigenvalue weighted by atomic mass is 16.5. The molecular formula is C22H25N3O4. The summed E-state index contributed by atoms with van der Waals surface area (Å²) in [7, 11) is 1.33. The van der Waals surface area contributed by atoms with Crippen LogP contribution in [0.15, 0.2) is 42.6 Å². The number of carbonyl (C=O) groups excluding carboxylic acids is 2. The van der Waals surface area contributed by atoms with Crippen molar-refractivity contribution in [2.75, 3.05) is 13.7 Å². The van der Waals surface area contributed by atoms with Gasteiger partial charge in [-0.05, 0) is 18.6 Å². The van der Waals surface area contributed by atoms with Crippen molar-refractivity contribution in [3.63, 3.8) is 0 Å². The van der Waals surface area contributed by atoms with E-state index < -0.39 is 17.7 Å². The van der Waals surface area contributed by atoms with Crippen molar-refractivity contribution in [3.05, 3.63) is 53.9 Å². The molecule has 2 saturated heterocycles. The first-order valence-corrected chi connectivity index (χ1v) is 9.59. The number of amides is 2. The molecule has 2 fully saturated rings. The number of fused-ring (bicyclic) bond motifs is 2. The number of nitrogens with one attached hydrogen (secondary N) is 2. The largest absolute Gasteiger partial charge is 0.387 e. The number of carbonyl (C=O) groups is 2. The van der Waals surface area contributed by atoms with Gasteiger partial charge in [0.25, 0.3) is 17.5 Å². The van der Waals surface area contributed by atoms with Gasteiger partial charge < -0.3 is 20.1 Å². The number of benzene rings is 1. The number of para-hydroxylation sites is 1. The molecule has 1 aromatic carbocycles. The zero-order valence-corrected chi connectivity index (χ0v) is 16.8. The summed E-state index contributed by atoms with van der Waals surface area (Å²) >= 11 is 0. The van der Waals surface area contributed by atoms with Gasteiger partial charge in [-0.15, -0.1) is 6.58 Å². The van der Waals surface area contributed by atoms with Crippen molar-refractivity contribution >= 4 is 28.8 Å². The van der Waals surface area contributed by atoms with E-state index >= 15 is 0 Å². The Morgan fingerprint density at radius 2 is 2.07 bits per heavy atom. The summed E-state index contributed by atoms with van der Waals surface area (Å²) in [5.74, 6) is -0.920. The predicted octanol–water partition coefficient (Wildman–Crippen LogP) is 2.04. The van der Waals surface area contributed by atoms with Gasteiger partial charge >= 0.3 is 0 Å². The molecule has 2 aliphatic heterocycles. The van der Waals surface area contributed by atoms with E-state index in [1.807, 2.05) is 44.2 Å². The number of allylic oxidation sites excluding steroid dienone is 1. The van der Waals surface area contributed by atoms with Crippen LogP contribution < -0.4 is 5.32 Å². The van der Waals surface area contributed by atoms with E-state index in [4.69, 9.17) is 4.74 Å². The van der Waals surface area contributed by atoms with Crippen molar-refractivity contribution in [2.45, 2.75) is 37.5 Å². The Labute approximate surface area is 169 Å². The SMILES string of the molecule is C=CC(C)(C)c1[nH]c2ccccc2c1/C=C1\NC(=O)[C@@]2(OC)[C@@H](O)CCN2C1=O. The zero-order chi connectivity index (χ0) is 21.0. The number of nitrogens with zero attached hydrogens (tertiary/aromatic N) is 1. The molecule has 0 unspecified atom stereocenters. The van der Waals surface area contributed by atoms with Gasteiger partial charge in [0.1, 0.15) is 11.8 Å². The van der Waals surface area contributed by atoms with Gasteiger partial charge in [-0.25, -0.2) is 0 Å². The lowest BCUT2D eigenvalue weighted by Crippen LogP contribution is -2.68. The molecule has 2 amide bonds. The average Bonchev–Trinajstić information content (AvgIpc) is 3.25. The van der Waals surface area contributed by atoms with Gasteiger partial charge in [0.05, 0.1) is 0 Å². The van der Waals surface area contributed by atoms with E-state index in [1.165, 1.54) is 12.0 Å². The van der Waals surface area contributed by atoms with Gasteiger partial charge in [-0.3, -0.25) is 14.5 Å². The minimum absolute atomic E-state index is 0.155. The molecule has 4 rings (SSSR count). The molecule has 3 N–H and O–H groups in total. The molecule has 0 saturated carbocycles. The maximum absolute atomic E-state index is 13.2. The second-order valence-electron chi connectivity index (χ2n) is 8.06. The van der Waals surface area contributed by atoms with Crippen LogP contribution in [0.4, 0.5) is 0 Å². The van der Waals surface area contributed by atoms with Crippen molar-refractivity contribution in [3.8, 4) is 0 Å². The fourth-order valence-electron chi connectivity index (χ4n) is 4.23. The number of aliphatic hydroxyl groups is 1. The highest BCUT2D eigenvalue weighted by molar-refractivity contribution is 6.10. The number of H-pyrrole nitrogens is 1. The Morgan fingerprint density at radius 1 is 1.34 bits per heavy atom. The minimum atomic E-state index is -1.67. The third-order valence-electron chi connectivity index (χ3n) is 6.03. The summed E-state index contributed by atoms with van der Waals surface area (Å²) < 4.78 is 5.34. The van der Waals surface area contributed by atoms with Crippen LogP contribution in [0.1, 0.15) is 31.5 Å². The number of piperazine rings is 1. The second kappa shape index (κ2) is 6.57. The third kappa shape index (κ3) is 2.65. The summed E-state index contributed by atoms with van der Waals surface area (Å²) in [6.45, 7) is 8.24. The molecule has 7 heteroatoms. The number of hydrogen-bond donors (Lipinski definition) is 3. The molecule has 3 heterocycles. The zero-order valence-electron chi connectivity index (χ0n) is 16.8. The van der Waals surface area contributed by atoms with Crippen LogP contribution in [0, 0.1) is 0 Å². The van der Waals surface area contributed by atoms with Crippen LogP contribution in [0.2, 0.25) is 0 Å². The fraction of sp³-hybridized carbons (Fsp3) is 0.364. The number of aliphatic hydroxyl groups excluding tert-OH is 1. The van der Waals surface area contributed by atoms with E-state index in [0.717, 1.165) is 22.2 Å². The molecule has 2 aliphatic rings. The van der Waals surface area contributed by atoms with Gasteiger partial charge in [0.2, 0.25) is 0 Å². The highest BCUT2D eigenvalue weighted by Crippen LogP contribution is 2.37. The third-order valence-corrected chi connectivity index (χ3v) is 6.03. The lowest BCUT2D eigenvalue weighted by molar-refractivity contribution is -0.193. The van der Waals surface area contributed by atoms with Crippen LogP contribution in [-0.2, 0) is 19.7 Å². The lowest BCUT2D eigenvalue weighted by Gasteiger charge is -2.41. The van der Waals surface area contributed by atoms with Crippen LogP contribution in [0.5, 0.6) is 0 Å². The summed E-state index contributed by atoms with van der Waals surface area (Å²) in [6, 6.07) is 7.80. The monoisotopic (exact) mass is 395 g/mol. The van der Waals surface area contributed by atoms with E-state index in [2.05, 4.69) is 16.9 Å². The first-order chi connectivity index (χ1) is 13.8. The van der Waals surface area contributed by atoms with Crippen LogP contribution in [-0.4, -0.2) is 52.3 Å². The number of rotatable bonds is 4. The van der Waals surface area contributed by atoms with Gasteiger partial charge in [-0.2, -0.15) is 0 Å². The first kappa shape index (κ1) is 19.4. The van der Waals surface area contributed by atoms with Gasteiger partial charge in [0, 0.05) is 41.2 Å². The quantitative estimate of drug-likeness (QED) is 0.545. The minimum Gasteiger partial charge on any atom is -0.387 e. The predicted molar refractivity (Wildman–Crippen MR) is 110 cm³/mol. The molecule has 29 heavy (non-hydrogen) atoms. The fourth-order valence-corrected chi connectivity index (χ4v) is 4.23. The van der Waals surface area contributed by atoms with Crippen molar-refractivity contribution in [1.82, 2.24) is 15.2 Å². The number of ether oxygens (including phenoxy) is 1. The number of aromatic nitrogens is 1. The van der Waals surface area contributed by atoms with E-state index in [-0.39, 0.29) is 30.0 Å². The maximum Gasteiger partial charge on any atom is 0.280 e. The Bertz CT molecular complexity index is 1050. The summed E-state index contributed by atoms with van der Waals surface area (Å²) in [4.78, 5) is 30.8. The molecule has 0 aliphatic carbocycles. The number of aromatic amines is 1. The molecule has 2 aromatic rings. The number of methoxy groups -OCH3 is 1. The highest BCUT2D eigenvalue weighted by Gasteiger charge is 2.60. The van der Waals surface area contributed by atoms with Gasteiger partial charge in [0.15, 0.2) is 0 Å². The Hall–Kier alpha value is -2.90. The number of hydrogen-bond acceptors (Lipinski definition) is 4. The first-order valence-electron chi connectivity index (χ1n) is 9.59. The van der Waals surface area contributed by atoms with Crippen LogP contribution in [0.25, 0.3) is 17.0 Å². The van der Waals surface area contributed by atoms with E-state index in [1.54, 1.807) is 6.08 Å². The lowest BCUT2D eigenvalue weighted by atomic mass is 9.86. The molecule has 0 spiro atoms. The summed E-state index contributed by atoms with van der Waals surface area (Å²) in [5, 5.41) is 13.9. The molecule has 7 nitrogen and oxygen atoms in total. The molecule has 2 atom stereocenters. The normalized spacial score (nSPS) is 26.1. The maximum atomic E-state index is 13.2. The van der Waals surface area contributed by atoms with Crippen LogP contribution in [0.3, 0.4) is 0 Å². The van der Waals surface area contributed by atoms with Crippen molar-refractivity contribution in [1.29, 1.82) is 0 Å². The van der Waals surface area contributed by atoms with Crippen LogP contribution >= 0.6 is 0 Å². The molecule has 1 aromatic heterocycles. The molecule has 0 bridgehead atoms. The smallest absolute Gasteiger partial charge is 0.280 e. The molecule has 0 radical (unpaired) electrons. The standard InChI is InChI=1S/C22H25N3O4/c1-5-21(2,3)18-14(13-8-6-7-9-15(13)23-18)12-16-19(27)25-11-10-17(26)22(25,29-4)20(28)24-16/h5-9,12,17,23,26H,1,10-11H2,2-4H3,(H,24,28)/b16-12-/t17-,22-/m0/s1. The van der Waals surface area contributed by atoms with Crippen molar-refractivity contribution < 1.29 is 19.4 Å². The molecular weight excluding hydrogens is 370 g/mol.